The number of benzene rings is 2. The molecule has 0 saturated heterocycles. The number of anilines is 3. The van der Waals surface area contributed by atoms with Crippen LogP contribution in [0, 0.1) is 15.9 Å². The maximum absolute atomic E-state index is 14.0. The molecule has 4 aromatic rings. The number of H-pyrrole nitrogens is 2. The average Bonchev–Trinajstić information content (AvgIpc) is 3.44. The largest absolute Gasteiger partial charge is 0.327 e. The van der Waals surface area contributed by atoms with Crippen LogP contribution in [0.4, 0.5) is 27.3 Å². The van der Waals surface area contributed by atoms with Gasteiger partial charge in [-0.3, -0.25) is 29.8 Å². The zero-order valence-electron chi connectivity index (χ0n) is 15.7. The highest BCUT2D eigenvalue weighted by Crippen LogP contribution is 2.48. The number of nitrogens with one attached hydrogen (secondary N) is 2. The lowest BCUT2D eigenvalue weighted by atomic mass is 10.1. The van der Waals surface area contributed by atoms with Gasteiger partial charge in [0.25, 0.3) is 5.56 Å². The number of non-ortho nitro benzene ring substituents is 1. The van der Waals surface area contributed by atoms with Crippen molar-refractivity contribution >= 4 is 33.9 Å². The molecule has 2 N–H and O–H groups in total. The number of aromatic amines is 2. The summed E-state index contributed by atoms with van der Waals surface area (Å²) in [7, 11) is 0. The van der Waals surface area contributed by atoms with Crippen molar-refractivity contribution in [2.75, 3.05) is 4.90 Å². The number of nitrogens with zero attached hydrogens (tertiary/aromatic N) is 4. The number of fused-ring (bicyclic) bond motifs is 1. The highest BCUT2D eigenvalue weighted by molar-refractivity contribution is 5.98. The van der Waals surface area contributed by atoms with E-state index in [0.29, 0.717) is 11.3 Å². The van der Waals surface area contributed by atoms with E-state index in [1.54, 1.807) is 0 Å². The van der Waals surface area contributed by atoms with E-state index in [9.17, 15) is 24.1 Å². The monoisotopic (exact) mass is 424 g/mol. The molecule has 12 heteroatoms. The highest BCUT2D eigenvalue weighted by Gasteiger charge is 2.31. The molecular weight excluding hydrogens is 411 g/mol. The Morgan fingerprint density at radius 1 is 1.06 bits per heavy atom. The molecule has 0 aliphatic heterocycles. The summed E-state index contributed by atoms with van der Waals surface area (Å²) in [5, 5.41) is 18.8. The SMILES string of the molecule is O=c1cc(N(c2ccc(F)cc2C2CC2)c2ccc([N+](=O)[O-])c3nonc23)[nH]c(=O)[nH]1. The summed E-state index contributed by atoms with van der Waals surface area (Å²) in [6.07, 6.45) is 1.72. The van der Waals surface area contributed by atoms with Crippen LogP contribution in [0.3, 0.4) is 0 Å². The number of halogens is 1. The lowest BCUT2D eigenvalue weighted by Crippen LogP contribution is -2.26. The van der Waals surface area contributed by atoms with Gasteiger partial charge < -0.3 is 0 Å². The molecule has 0 radical (unpaired) electrons. The van der Waals surface area contributed by atoms with Crippen LogP contribution < -0.4 is 16.1 Å². The van der Waals surface area contributed by atoms with Gasteiger partial charge in [-0.05, 0) is 58.9 Å². The molecule has 1 saturated carbocycles. The van der Waals surface area contributed by atoms with E-state index < -0.39 is 22.0 Å². The molecule has 2 aromatic carbocycles. The standard InChI is InChI=1S/C19H13FN6O5/c20-10-3-4-12(11(7-10)9-1-2-9)25(15-8-16(27)22-19(28)21-15)13-5-6-14(26(29)30)18-17(13)23-31-24-18/h3-9H,1-2H2,(H2,21,22,27,28). The Morgan fingerprint density at radius 3 is 2.52 bits per heavy atom. The number of aromatic nitrogens is 4. The second-order valence-corrected chi connectivity index (χ2v) is 7.11. The fourth-order valence-corrected chi connectivity index (χ4v) is 3.58. The molecule has 1 fully saturated rings. The van der Waals surface area contributed by atoms with Crippen LogP contribution in [0.2, 0.25) is 0 Å². The zero-order chi connectivity index (χ0) is 21.7. The smallest absolute Gasteiger partial charge is 0.294 e. The van der Waals surface area contributed by atoms with Gasteiger partial charge in [0.2, 0.25) is 5.52 Å². The van der Waals surface area contributed by atoms with Crippen molar-refractivity contribution in [3.05, 3.63) is 78.7 Å². The lowest BCUT2D eigenvalue weighted by Gasteiger charge is -2.26. The first kappa shape index (κ1) is 18.7. The Labute approximate surface area is 171 Å². The molecule has 0 bridgehead atoms. The van der Waals surface area contributed by atoms with E-state index >= 15 is 0 Å². The molecule has 2 heterocycles. The first-order chi connectivity index (χ1) is 14.9. The fourth-order valence-electron chi connectivity index (χ4n) is 3.58. The van der Waals surface area contributed by atoms with Crippen molar-refractivity contribution in [2.45, 2.75) is 18.8 Å². The van der Waals surface area contributed by atoms with Crippen LogP contribution in [-0.2, 0) is 0 Å². The minimum atomic E-state index is -0.751. The number of rotatable bonds is 5. The molecule has 0 spiro atoms. The minimum Gasteiger partial charge on any atom is -0.294 e. The molecule has 2 aromatic heterocycles. The maximum Gasteiger partial charge on any atom is 0.327 e. The van der Waals surface area contributed by atoms with Gasteiger partial charge >= 0.3 is 11.4 Å². The van der Waals surface area contributed by atoms with Gasteiger partial charge in [0, 0.05) is 12.1 Å². The van der Waals surface area contributed by atoms with Gasteiger partial charge in [-0.15, -0.1) is 0 Å². The van der Waals surface area contributed by atoms with E-state index in [1.165, 1.54) is 35.2 Å². The summed E-state index contributed by atoms with van der Waals surface area (Å²) >= 11 is 0. The van der Waals surface area contributed by atoms with Crippen molar-refractivity contribution < 1.29 is 13.9 Å². The van der Waals surface area contributed by atoms with E-state index in [0.717, 1.165) is 18.9 Å². The molecule has 31 heavy (non-hydrogen) atoms. The number of nitro groups is 1. The summed E-state index contributed by atoms with van der Waals surface area (Å²) in [5.74, 6) is -0.256. The molecule has 1 aliphatic carbocycles. The van der Waals surface area contributed by atoms with Crippen molar-refractivity contribution in [3.63, 3.8) is 0 Å². The van der Waals surface area contributed by atoms with Gasteiger partial charge in [0.1, 0.15) is 11.6 Å². The Morgan fingerprint density at radius 2 is 1.81 bits per heavy atom. The van der Waals surface area contributed by atoms with E-state index in [1.807, 2.05) is 0 Å². The maximum atomic E-state index is 14.0. The van der Waals surface area contributed by atoms with Crippen LogP contribution in [0.1, 0.15) is 24.3 Å². The Kier molecular flexibility index (Phi) is 4.13. The summed E-state index contributed by atoms with van der Waals surface area (Å²) in [6, 6.07) is 7.95. The van der Waals surface area contributed by atoms with E-state index in [4.69, 9.17) is 4.63 Å². The molecule has 11 nitrogen and oxygen atoms in total. The van der Waals surface area contributed by atoms with Crippen molar-refractivity contribution in [1.29, 1.82) is 0 Å². The predicted molar refractivity (Wildman–Crippen MR) is 106 cm³/mol. The first-order valence-corrected chi connectivity index (χ1v) is 9.25. The Hall–Kier alpha value is -4.35. The first-order valence-electron chi connectivity index (χ1n) is 9.25. The topological polar surface area (TPSA) is 151 Å². The van der Waals surface area contributed by atoms with E-state index in [-0.39, 0.29) is 34.1 Å². The van der Waals surface area contributed by atoms with Gasteiger partial charge in [0.15, 0.2) is 5.52 Å². The van der Waals surface area contributed by atoms with E-state index in [2.05, 4.69) is 20.3 Å². The summed E-state index contributed by atoms with van der Waals surface area (Å²) in [4.78, 5) is 40.9. The fraction of sp³-hybridized carbons (Fsp3) is 0.158. The summed E-state index contributed by atoms with van der Waals surface area (Å²) in [5.41, 5.74) is -0.365. The molecule has 0 atom stereocenters. The molecule has 5 rings (SSSR count). The Balaban J connectivity index is 1.83. The quantitative estimate of drug-likeness (QED) is 0.366. The van der Waals surface area contributed by atoms with Crippen LogP contribution in [0.25, 0.3) is 11.0 Å². The lowest BCUT2D eigenvalue weighted by molar-refractivity contribution is -0.383. The molecule has 156 valence electrons. The summed E-state index contributed by atoms with van der Waals surface area (Å²) in [6.45, 7) is 0. The predicted octanol–water partition coefficient (Wildman–Crippen LogP) is 2.99. The second-order valence-electron chi connectivity index (χ2n) is 7.11. The average molecular weight is 424 g/mol. The second kappa shape index (κ2) is 6.86. The zero-order valence-corrected chi connectivity index (χ0v) is 15.7. The van der Waals surface area contributed by atoms with Gasteiger partial charge in [0.05, 0.1) is 16.3 Å². The molecule has 0 amide bonds. The summed E-state index contributed by atoms with van der Waals surface area (Å²) < 4.78 is 18.8. The van der Waals surface area contributed by atoms with Gasteiger partial charge in [-0.25, -0.2) is 13.8 Å². The molecular formula is C19H13FN6O5. The Bertz CT molecular complexity index is 1430. The third-order valence-corrected chi connectivity index (χ3v) is 5.05. The highest BCUT2D eigenvalue weighted by atomic mass is 19.1. The number of hydrogen-bond donors (Lipinski definition) is 2. The van der Waals surface area contributed by atoms with Gasteiger partial charge in [-0.2, -0.15) is 0 Å². The third kappa shape index (κ3) is 3.23. The minimum absolute atomic E-state index is 0.0430. The van der Waals surface area contributed by atoms with Crippen LogP contribution >= 0.6 is 0 Å². The number of hydrogen-bond acceptors (Lipinski definition) is 8. The van der Waals surface area contributed by atoms with Crippen LogP contribution in [0.5, 0.6) is 0 Å². The van der Waals surface area contributed by atoms with Crippen LogP contribution in [0.15, 0.2) is 50.6 Å². The van der Waals surface area contributed by atoms with Crippen molar-refractivity contribution in [1.82, 2.24) is 20.3 Å². The molecule has 1 aliphatic rings. The van der Waals surface area contributed by atoms with Crippen molar-refractivity contribution in [3.8, 4) is 0 Å². The van der Waals surface area contributed by atoms with Gasteiger partial charge in [-0.1, -0.05) is 0 Å². The van der Waals surface area contributed by atoms with Crippen molar-refractivity contribution in [2.24, 2.45) is 0 Å². The normalized spacial score (nSPS) is 13.5. The molecule has 0 unspecified atom stereocenters. The third-order valence-electron chi connectivity index (χ3n) is 5.05. The number of nitro benzene ring substituents is 1. The van der Waals surface area contributed by atoms with Crippen LogP contribution in [-0.4, -0.2) is 25.2 Å².